The van der Waals surface area contributed by atoms with Crippen molar-refractivity contribution in [1.29, 1.82) is 0 Å². The van der Waals surface area contributed by atoms with Crippen molar-refractivity contribution in [1.82, 2.24) is 4.90 Å². The number of likely N-dealkylation sites (tertiary alicyclic amines) is 1. The lowest BCUT2D eigenvalue weighted by Gasteiger charge is -2.36. The Hall–Kier alpha value is -0.650. The van der Waals surface area contributed by atoms with Gasteiger partial charge in [-0.1, -0.05) is 0 Å². The van der Waals surface area contributed by atoms with Gasteiger partial charge in [-0.15, -0.1) is 0 Å². The van der Waals surface area contributed by atoms with E-state index >= 15 is 0 Å². The van der Waals surface area contributed by atoms with Gasteiger partial charge < -0.3 is 15.6 Å². The van der Waals surface area contributed by atoms with Gasteiger partial charge in [0.05, 0.1) is 12.2 Å². The topological polar surface area (TPSA) is 75.8 Å². The van der Waals surface area contributed by atoms with Gasteiger partial charge in [0.2, 0.25) is 0 Å². The van der Waals surface area contributed by atoms with Crippen molar-refractivity contribution in [2.24, 2.45) is 5.73 Å². The number of morpholine rings is 1. The van der Waals surface area contributed by atoms with Gasteiger partial charge in [0.1, 0.15) is 5.54 Å². The number of carbonyl (C=O) groups is 1. The van der Waals surface area contributed by atoms with Crippen molar-refractivity contribution in [3.63, 3.8) is 0 Å². The van der Waals surface area contributed by atoms with E-state index in [0.717, 1.165) is 32.4 Å². The molecule has 1 aliphatic carbocycles. The second kappa shape index (κ2) is 3.93. The predicted octanol–water partition coefficient (Wildman–Crippen LogP) is 0.184. The summed E-state index contributed by atoms with van der Waals surface area (Å²) >= 11 is 0. The Morgan fingerprint density at radius 3 is 2.47 bits per heavy atom. The van der Waals surface area contributed by atoms with Crippen molar-refractivity contribution >= 4 is 5.97 Å². The number of carboxylic acids is 1. The first-order chi connectivity index (χ1) is 8.07. The minimum absolute atomic E-state index is 0.336. The lowest BCUT2D eigenvalue weighted by Crippen LogP contribution is -2.50. The first-order valence-corrected chi connectivity index (χ1v) is 6.49. The van der Waals surface area contributed by atoms with E-state index in [1.807, 2.05) is 0 Å². The van der Waals surface area contributed by atoms with Crippen LogP contribution in [0.4, 0.5) is 0 Å². The lowest BCUT2D eigenvalue weighted by molar-refractivity contribution is -0.143. The molecule has 96 valence electrons. The summed E-state index contributed by atoms with van der Waals surface area (Å²) in [7, 11) is 0. The van der Waals surface area contributed by atoms with Crippen LogP contribution in [0.15, 0.2) is 0 Å². The summed E-state index contributed by atoms with van der Waals surface area (Å²) in [6.45, 7) is 1.91. The van der Waals surface area contributed by atoms with Crippen molar-refractivity contribution in [3.05, 3.63) is 0 Å². The first-order valence-electron chi connectivity index (χ1n) is 6.49. The third-order valence-electron chi connectivity index (χ3n) is 4.54. The van der Waals surface area contributed by atoms with E-state index in [1.165, 1.54) is 0 Å². The number of aliphatic carboxylic acids is 1. The molecule has 3 rings (SSSR count). The van der Waals surface area contributed by atoms with E-state index in [4.69, 9.17) is 15.6 Å². The normalized spacial score (nSPS) is 46.3. The van der Waals surface area contributed by atoms with Crippen molar-refractivity contribution in [2.45, 2.75) is 55.9 Å². The van der Waals surface area contributed by atoms with Gasteiger partial charge in [0.25, 0.3) is 0 Å². The predicted molar refractivity (Wildman–Crippen MR) is 61.7 cm³/mol. The SMILES string of the molecule is NC1(C(=O)O)CCC(N2CC3CCC(C2)O3)C1. The quantitative estimate of drug-likeness (QED) is 0.720. The molecule has 4 unspecified atom stereocenters. The highest BCUT2D eigenvalue weighted by Gasteiger charge is 2.46. The molecule has 0 aromatic carbocycles. The van der Waals surface area contributed by atoms with Crippen LogP contribution in [-0.2, 0) is 9.53 Å². The third-order valence-corrected chi connectivity index (χ3v) is 4.54. The van der Waals surface area contributed by atoms with Crippen LogP contribution in [0.3, 0.4) is 0 Å². The van der Waals surface area contributed by atoms with E-state index in [-0.39, 0.29) is 0 Å². The van der Waals surface area contributed by atoms with Gasteiger partial charge in [-0.05, 0) is 32.1 Å². The molecule has 2 heterocycles. The first kappa shape index (κ1) is 11.4. The van der Waals surface area contributed by atoms with E-state index < -0.39 is 11.5 Å². The highest BCUT2D eigenvalue weighted by atomic mass is 16.5. The maximum atomic E-state index is 11.1. The van der Waals surface area contributed by atoms with Crippen molar-refractivity contribution in [2.75, 3.05) is 13.1 Å². The fraction of sp³-hybridized carbons (Fsp3) is 0.917. The Morgan fingerprint density at radius 1 is 1.29 bits per heavy atom. The van der Waals surface area contributed by atoms with Gasteiger partial charge in [-0.25, -0.2) is 0 Å². The molecular weight excluding hydrogens is 220 g/mol. The Morgan fingerprint density at radius 2 is 1.94 bits per heavy atom. The maximum Gasteiger partial charge on any atom is 0.323 e. The largest absolute Gasteiger partial charge is 0.480 e. The summed E-state index contributed by atoms with van der Waals surface area (Å²) in [6, 6.07) is 0.336. The Kier molecular flexibility index (Phi) is 2.65. The van der Waals surface area contributed by atoms with E-state index in [1.54, 1.807) is 0 Å². The van der Waals surface area contributed by atoms with Crippen molar-refractivity contribution in [3.8, 4) is 0 Å². The molecule has 3 aliphatic rings. The number of carboxylic acid groups (broad SMARTS) is 1. The molecule has 2 saturated heterocycles. The number of rotatable bonds is 2. The molecule has 0 radical (unpaired) electrons. The molecule has 0 spiro atoms. The smallest absolute Gasteiger partial charge is 0.323 e. The average Bonchev–Trinajstić information content (AvgIpc) is 2.84. The van der Waals surface area contributed by atoms with Gasteiger partial charge in [-0.3, -0.25) is 9.69 Å². The van der Waals surface area contributed by atoms with Crippen LogP contribution >= 0.6 is 0 Å². The van der Waals surface area contributed by atoms with Gasteiger partial charge >= 0.3 is 5.97 Å². The number of nitrogens with zero attached hydrogens (tertiary/aromatic N) is 1. The molecule has 3 N–H and O–H groups in total. The Bertz CT molecular complexity index is 324. The zero-order valence-corrected chi connectivity index (χ0v) is 9.97. The summed E-state index contributed by atoms with van der Waals surface area (Å²) in [6.07, 6.45) is 5.13. The standard InChI is InChI=1S/C12H20N2O3/c13-12(11(15)16)4-3-8(5-12)14-6-9-1-2-10(7-14)17-9/h8-10H,1-7,13H2,(H,15,16). The van der Waals surface area contributed by atoms with Crippen molar-refractivity contribution < 1.29 is 14.6 Å². The third kappa shape index (κ3) is 1.96. The molecule has 2 bridgehead atoms. The lowest BCUT2D eigenvalue weighted by atomic mass is 9.99. The number of nitrogens with two attached hydrogens (primary N) is 1. The molecule has 0 aromatic heterocycles. The monoisotopic (exact) mass is 240 g/mol. The van der Waals surface area contributed by atoms with Crippen LogP contribution < -0.4 is 5.73 Å². The van der Waals surface area contributed by atoms with Crippen LogP contribution in [0, 0.1) is 0 Å². The zero-order valence-electron chi connectivity index (χ0n) is 9.97. The summed E-state index contributed by atoms with van der Waals surface area (Å²) in [4.78, 5) is 13.5. The van der Waals surface area contributed by atoms with E-state index in [2.05, 4.69) is 4.90 Å². The molecule has 0 aromatic rings. The molecule has 5 heteroatoms. The summed E-state index contributed by atoms with van der Waals surface area (Å²) < 4.78 is 5.80. The Balaban J connectivity index is 1.65. The fourth-order valence-corrected chi connectivity index (χ4v) is 3.50. The summed E-state index contributed by atoms with van der Waals surface area (Å²) in [5, 5.41) is 9.14. The number of ether oxygens (including phenoxy) is 1. The molecule has 0 amide bonds. The van der Waals surface area contributed by atoms with Gasteiger partial charge in [0, 0.05) is 19.1 Å². The minimum Gasteiger partial charge on any atom is -0.480 e. The highest BCUT2D eigenvalue weighted by molar-refractivity contribution is 5.79. The molecule has 5 nitrogen and oxygen atoms in total. The van der Waals surface area contributed by atoms with Crippen LogP contribution in [0.25, 0.3) is 0 Å². The van der Waals surface area contributed by atoms with Gasteiger partial charge in [-0.2, -0.15) is 0 Å². The van der Waals surface area contributed by atoms with Crippen LogP contribution in [-0.4, -0.2) is 52.9 Å². The zero-order chi connectivity index (χ0) is 12.0. The molecule has 17 heavy (non-hydrogen) atoms. The molecular formula is C12H20N2O3. The fourth-order valence-electron chi connectivity index (χ4n) is 3.50. The molecule has 2 aliphatic heterocycles. The minimum atomic E-state index is -0.998. The molecule has 1 saturated carbocycles. The second-order valence-electron chi connectivity index (χ2n) is 5.77. The summed E-state index contributed by atoms with van der Waals surface area (Å²) in [5.74, 6) is -0.851. The van der Waals surface area contributed by atoms with Crippen LogP contribution in [0.2, 0.25) is 0 Å². The Labute approximate surface area is 101 Å². The van der Waals surface area contributed by atoms with Gasteiger partial charge in [0.15, 0.2) is 0 Å². The maximum absolute atomic E-state index is 11.1. The van der Waals surface area contributed by atoms with Crippen LogP contribution in [0.1, 0.15) is 32.1 Å². The molecule has 3 fully saturated rings. The highest BCUT2D eigenvalue weighted by Crippen LogP contribution is 2.35. The van der Waals surface area contributed by atoms with Crippen LogP contribution in [0.5, 0.6) is 0 Å². The number of hydrogen-bond acceptors (Lipinski definition) is 4. The van der Waals surface area contributed by atoms with E-state index in [0.29, 0.717) is 31.1 Å². The second-order valence-corrected chi connectivity index (χ2v) is 5.77. The summed E-state index contributed by atoms with van der Waals surface area (Å²) in [5.41, 5.74) is 4.93. The average molecular weight is 240 g/mol. The van der Waals surface area contributed by atoms with E-state index in [9.17, 15) is 4.79 Å². The number of fused-ring (bicyclic) bond motifs is 2. The molecule has 4 atom stereocenters. The number of hydrogen-bond donors (Lipinski definition) is 2.